The van der Waals surface area contributed by atoms with Crippen molar-refractivity contribution in [2.75, 3.05) is 13.2 Å². The molecule has 0 bridgehead atoms. The molecule has 23 heavy (non-hydrogen) atoms. The highest BCUT2D eigenvalue weighted by Crippen LogP contribution is 2.15. The Hall–Kier alpha value is -1.03. The summed E-state index contributed by atoms with van der Waals surface area (Å²) in [6.07, 6.45) is -4.30. The molecule has 0 saturated carbocycles. The largest absolute Gasteiger partial charge is 0.411 e. The van der Waals surface area contributed by atoms with Crippen LogP contribution in [0.15, 0.2) is 29.3 Å². The van der Waals surface area contributed by atoms with Crippen LogP contribution in [0.1, 0.15) is 25.0 Å². The zero-order valence-corrected chi connectivity index (χ0v) is 15.5. The van der Waals surface area contributed by atoms with Crippen molar-refractivity contribution >= 4 is 29.9 Å². The molecular weight excluding hydrogens is 422 g/mol. The van der Waals surface area contributed by atoms with Gasteiger partial charge in [-0.2, -0.15) is 13.2 Å². The smallest absolute Gasteiger partial charge is 0.370 e. The van der Waals surface area contributed by atoms with Crippen molar-refractivity contribution in [1.82, 2.24) is 5.32 Å². The van der Waals surface area contributed by atoms with E-state index in [0.717, 1.165) is 12.1 Å². The molecule has 132 valence electrons. The lowest BCUT2D eigenvalue weighted by atomic mass is 10.1. The molecule has 0 saturated heterocycles. The van der Waals surface area contributed by atoms with Crippen LogP contribution in [0.25, 0.3) is 0 Å². The monoisotopic (exact) mass is 445 g/mol. The van der Waals surface area contributed by atoms with Gasteiger partial charge in [0.2, 0.25) is 0 Å². The number of nitrogens with two attached hydrogens (primary N) is 1. The molecule has 1 aromatic carbocycles. The van der Waals surface area contributed by atoms with Gasteiger partial charge < -0.3 is 15.8 Å². The number of aliphatic imine (C=N–C) groups is 1. The molecule has 3 N–H and O–H groups in total. The lowest BCUT2D eigenvalue weighted by Gasteiger charge is -2.09. The van der Waals surface area contributed by atoms with E-state index >= 15 is 0 Å². The second kappa shape index (κ2) is 10.7. The van der Waals surface area contributed by atoms with Crippen LogP contribution < -0.4 is 11.1 Å². The van der Waals surface area contributed by atoms with E-state index in [2.05, 4.69) is 28.9 Å². The topological polar surface area (TPSA) is 59.6 Å². The standard InChI is InChI=1S/C15H22F3N3O.HI/c1-11(2)7-20-14(19)21-8-12-3-5-13(6-4-12)9-22-10-15(16,17)18;/h3-6,11H,7-10H2,1-2H3,(H3,19,20,21);1H. The lowest BCUT2D eigenvalue weighted by Crippen LogP contribution is -2.34. The van der Waals surface area contributed by atoms with E-state index in [1.165, 1.54) is 0 Å². The van der Waals surface area contributed by atoms with Crippen molar-refractivity contribution in [2.45, 2.75) is 33.2 Å². The molecule has 0 aliphatic heterocycles. The van der Waals surface area contributed by atoms with Crippen LogP contribution >= 0.6 is 24.0 Å². The second-order valence-electron chi connectivity index (χ2n) is 5.40. The van der Waals surface area contributed by atoms with Crippen LogP contribution in [0.2, 0.25) is 0 Å². The predicted molar refractivity (Wildman–Crippen MR) is 95.7 cm³/mol. The van der Waals surface area contributed by atoms with Crippen LogP contribution in [-0.4, -0.2) is 25.3 Å². The molecule has 0 amide bonds. The van der Waals surface area contributed by atoms with Gasteiger partial charge in [-0.3, -0.25) is 0 Å². The molecule has 0 heterocycles. The maximum Gasteiger partial charge on any atom is 0.411 e. The number of rotatable bonds is 7. The summed E-state index contributed by atoms with van der Waals surface area (Å²) in [7, 11) is 0. The van der Waals surface area contributed by atoms with Gasteiger partial charge in [0, 0.05) is 6.54 Å². The number of hydrogen-bond donors (Lipinski definition) is 2. The number of ether oxygens (including phenoxy) is 1. The molecule has 0 radical (unpaired) electrons. The molecule has 0 atom stereocenters. The highest BCUT2D eigenvalue weighted by molar-refractivity contribution is 14.0. The van der Waals surface area contributed by atoms with Crippen LogP contribution in [0.5, 0.6) is 0 Å². The van der Waals surface area contributed by atoms with Crippen molar-refractivity contribution < 1.29 is 17.9 Å². The van der Waals surface area contributed by atoms with Crippen LogP contribution in [0.4, 0.5) is 13.2 Å². The van der Waals surface area contributed by atoms with E-state index in [1.54, 1.807) is 24.3 Å². The number of alkyl halides is 3. The number of nitrogens with one attached hydrogen (secondary N) is 1. The summed E-state index contributed by atoms with van der Waals surface area (Å²) in [4.78, 5) is 4.19. The minimum Gasteiger partial charge on any atom is -0.370 e. The number of halogens is 4. The Morgan fingerprint density at radius 1 is 1.22 bits per heavy atom. The summed E-state index contributed by atoms with van der Waals surface area (Å²) in [5.74, 6) is 0.857. The minimum atomic E-state index is -4.30. The molecule has 0 unspecified atom stereocenters. The van der Waals surface area contributed by atoms with Crippen LogP contribution in [0, 0.1) is 5.92 Å². The Morgan fingerprint density at radius 3 is 2.30 bits per heavy atom. The summed E-state index contributed by atoms with van der Waals surface area (Å²) in [5.41, 5.74) is 7.33. The lowest BCUT2D eigenvalue weighted by molar-refractivity contribution is -0.176. The molecule has 0 aliphatic carbocycles. The fourth-order valence-electron chi connectivity index (χ4n) is 1.57. The van der Waals surface area contributed by atoms with Crippen molar-refractivity contribution in [3.05, 3.63) is 35.4 Å². The molecule has 0 aromatic heterocycles. The Bertz CT molecular complexity index is 476. The van der Waals surface area contributed by atoms with Crippen LogP contribution in [0.3, 0.4) is 0 Å². The number of benzene rings is 1. The third-order valence-electron chi connectivity index (χ3n) is 2.68. The highest BCUT2D eigenvalue weighted by Gasteiger charge is 2.27. The third-order valence-corrected chi connectivity index (χ3v) is 2.68. The van der Waals surface area contributed by atoms with E-state index in [0.29, 0.717) is 24.0 Å². The van der Waals surface area contributed by atoms with Crippen molar-refractivity contribution in [2.24, 2.45) is 16.6 Å². The van der Waals surface area contributed by atoms with Crippen molar-refractivity contribution in [1.29, 1.82) is 0 Å². The first-order valence-electron chi connectivity index (χ1n) is 7.02. The SMILES string of the molecule is CC(C)CNC(N)=NCc1ccc(COCC(F)(F)F)cc1.I. The Kier molecular flexibility index (Phi) is 10.2. The van der Waals surface area contributed by atoms with Gasteiger partial charge in [-0.15, -0.1) is 24.0 Å². The van der Waals surface area contributed by atoms with E-state index in [1.807, 2.05) is 0 Å². The number of nitrogens with zero attached hydrogens (tertiary/aromatic N) is 1. The number of hydrogen-bond acceptors (Lipinski definition) is 2. The Labute approximate surface area is 151 Å². The normalized spacial score (nSPS) is 12.2. The fraction of sp³-hybridized carbons (Fsp3) is 0.533. The molecule has 0 fully saturated rings. The average molecular weight is 445 g/mol. The van der Waals surface area contributed by atoms with E-state index in [4.69, 9.17) is 5.73 Å². The third kappa shape index (κ3) is 11.2. The fourth-order valence-corrected chi connectivity index (χ4v) is 1.57. The average Bonchev–Trinajstić information content (AvgIpc) is 2.43. The predicted octanol–water partition coefficient (Wildman–Crippen LogP) is 3.44. The van der Waals surface area contributed by atoms with Gasteiger partial charge in [0.1, 0.15) is 6.61 Å². The summed E-state index contributed by atoms with van der Waals surface area (Å²) in [5, 5.41) is 3.01. The molecule has 0 spiro atoms. The Morgan fingerprint density at radius 2 is 1.78 bits per heavy atom. The zero-order chi connectivity index (χ0) is 16.6. The molecule has 1 aromatic rings. The summed E-state index contributed by atoms with van der Waals surface area (Å²) < 4.78 is 40.5. The summed E-state index contributed by atoms with van der Waals surface area (Å²) in [6, 6.07) is 7.04. The quantitative estimate of drug-likeness (QED) is 0.384. The van der Waals surface area contributed by atoms with Gasteiger partial charge in [0.25, 0.3) is 0 Å². The summed E-state index contributed by atoms with van der Waals surface area (Å²) in [6.45, 7) is 4.00. The maximum absolute atomic E-state index is 12.0. The maximum atomic E-state index is 12.0. The first-order valence-corrected chi connectivity index (χ1v) is 7.02. The highest BCUT2D eigenvalue weighted by atomic mass is 127. The molecule has 4 nitrogen and oxygen atoms in total. The minimum absolute atomic E-state index is 0. The van der Waals surface area contributed by atoms with Crippen molar-refractivity contribution in [3.63, 3.8) is 0 Å². The van der Waals surface area contributed by atoms with Gasteiger partial charge >= 0.3 is 6.18 Å². The number of guanidine groups is 1. The van der Waals surface area contributed by atoms with E-state index < -0.39 is 12.8 Å². The van der Waals surface area contributed by atoms with E-state index in [9.17, 15) is 13.2 Å². The molecule has 0 aliphatic rings. The van der Waals surface area contributed by atoms with Gasteiger partial charge in [-0.05, 0) is 17.0 Å². The Balaban J connectivity index is 0.00000484. The first-order chi connectivity index (χ1) is 10.3. The second-order valence-corrected chi connectivity index (χ2v) is 5.40. The van der Waals surface area contributed by atoms with Gasteiger partial charge in [0.05, 0.1) is 13.2 Å². The zero-order valence-electron chi connectivity index (χ0n) is 13.2. The van der Waals surface area contributed by atoms with Gasteiger partial charge in [-0.25, -0.2) is 4.99 Å². The summed E-state index contributed by atoms with van der Waals surface area (Å²) >= 11 is 0. The molecule has 8 heteroatoms. The first kappa shape index (κ1) is 22.0. The van der Waals surface area contributed by atoms with E-state index in [-0.39, 0.29) is 30.6 Å². The molecular formula is C15H23F3IN3O. The van der Waals surface area contributed by atoms with Gasteiger partial charge in [0.15, 0.2) is 5.96 Å². The van der Waals surface area contributed by atoms with Gasteiger partial charge in [-0.1, -0.05) is 38.1 Å². The van der Waals surface area contributed by atoms with Crippen molar-refractivity contribution in [3.8, 4) is 0 Å². The van der Waals surface area contributed by atoms with Crippen LogP contribution in [-0.2, 0) is 17.9 Å². The molecule has 1 rings (SSSR count).